The highest BCUT2D eigenvalue weighted by Crippen LogP contribution is 2.01. The number of amidine groups is 1. The van der Waals surface area contributed by atoms with Crippen LogP contribution in [0.25, 0.3) is 0 Å². The van der Waals surface area contributed by atoms with Crippen LogP contribution in [0.3, 0.4) is 0 Å². The SMILES string of the molecule is CCc1cc(C(N)=NC#N)ccn1. The molecule has 0 radical (unpaired) electrons. The highest BCUT2D eigenvalue weighted by Gasteiger charge is 1.99. The number of aryl methyl sites for hydroxylation is 1. The zero-order chi connectivity index (χ0) is 9.68. The van der Waals surface area contributed by atoms with Gasteiger partial charge < -0.3 is 5.73 Å². The van der Waals surface area contributed by atoms with Gasteiger partial charge in [0.15, 0.2) is 0 Å². The zero-order valence-electron chi connectivity index (χ0n) is 7.36. The number of hydrogen-bond donors (Lipinski definition) is 1. The van der Waals surface area contributed by atoms with Gasteiger partial charge in [0.1, 0.15) is 5.84 Å². The maximum Gasteiger partial charge on any atom is 0.207 e. The maximum absolute atomic E-state index is 8.29. The quantitative estimate of drug-likeness (QED) is 0.410. The summed E-state index contributed by atoms with van der Waals surface area (Å²) in [6, 6.07) is 3.56. The van der Waals surface area contributed by atoms with Crippen LogP contribution in [0.5, 0.6) is 0 Å². The topological polar surface area (TPSA) is 75.1 Å². The van der Waals surface area contributed by atoms with Crippen LogP contribution in [0.2, 0.25) is 0 Å². The maximum atomic E-state index is 8.29. The number of aromatic nitrogens is 1. The Morgan fingerprint density at radius 3 is 3.15 bits per heavy atom. The van der Waals surface area contributed by atoms with E-state index in [4.69, 9.17) is 11.0 Å². The number of nitriles is 1. The third-order valence-corrected chi connectivity index (χ3v) is 1.65. The number of pyridine rings is 1. The van der Waals surface area contributed by atoms with Crippen LogP contribution in [0.4, 0.5) is 0 Å². The Labute approximate surface area is 76.7 Å². The van der Waals surface area contributed by atoms with E-state index in [9.17, 15) is 0 Å². The van der Waals surface area contributed by atoms with E-state index in [-0.39, 0.29) is 5.84 Å². The number of aliphatic imine (C=N–C) groups is 1. The van der Waals surface area contributed by atoms with Crippen LogP contribution in [-0.2, 0) is 6.42 Å². The van der Waals surface area contributed by atoms with E-state index in [0.29, 0.717) is 0 Å². The van der Waals surface area contributed by atoms with Gasteiger partial charge in [0.25, 0.3) is 0 Å². The number of rotatable bonds is 2. The molecule has 2 N–H and O–H groups in total. The van der Waals surface area contributed by atoms with Crippen LogP contribution < -0.4 is 5.73 Å². The van der Waals surface area contributed by atoms with Crippen molar-refractivity contribution in [3.63, 3.8) is 0 Å². The molecule has 0 amide bonds. The Morgan fingerprint density at radius 1 is 1.77 bits per heavy atom. The predicted octanol–water partition coefficient (Wildman–Crippen LogP) is 0.830. The van der Waals surface area contributed by atoms with Gasteiger partial charge in [-0.3, -0.25) is 4.98 Å². The minimum absolute atomic E-state index is 0.236. The summed E-state index contributed by atoms with van der Waals surface area (Å²) in [6.07, 6.45) is 4.15. The van der Waals surface area contributed by atoms with E-state index < -0.39 is 0 Å². The fourth-order valence-electron chi connectivity index (χ4n) is 0.949. The summed E-state index contributed by atoms with van der Waals surface area (Å²) in [4.78, 5) is 7.55. The van der Waals surface area contributed by atoms with Gasteiger partial charge in [-0.05, 0) is 18.6 Å². The van der Waals surface area contributed by atoms with E-state index in [2.05, 4.69) is 9.98 Å². The lowest BCUT2D eigenvalue weighted by Gasteiger charge is -1.99. The van der Waals surface area contributed by atoms with E-state index in [1.165, 1.54) is 0 Å². The lowest BCUT2D eigenvalue weighted by atomic mass is 10.2. The largest absolute Gasteiger partial charge is 0.383 e. The van der Waals surface area contributed by atoms with Crippen LogP contribution in [0.1, 0.15) is 18.2 Å². The molecule has 0 aliphatic carbocycles. The van der Waals surface area contributed by atoms with Crippen LogP contribution >= 0.6 is 0 Å². The average Bonchev–Trinajstić information content (AvgIpc) is 2.18. The summed E-state index contributed by atoms with van der Waals surface area (Å²) in [6.45, 7) is 2.00. The van der Waals surface area contributed by atoms with Gasteiger partial charge in [0.2, 0.25) is 6.19 Å². The first-order valence-corrected chi connectivity index (χ1v) is 3.95. The molecule has 0 aliphatic heterocycles. The molecule has 0 unspecified atom stereocenters. The molecular formula is C9H10N4. The smallest absolute Gasteiger partial charge is 0.207 e. The Morgan fingerprint density at radius 2 is 2.54 bits per heavy atom. The zero-order valence-corrected chi connectivity index (χ0v) is 7.36. The Kier molecular flexibility index (Phi) is 2.98. The molecule has 0 fully saturated rings. The molecule has 1 heterocycles. The fraction of sp³-hybridized carbons (Fsp3) is 0.222. The molecule has 4 nitrogen and oxygen atoms in total. The van der Waals surface area contributed by atoms with Crippen molar-refractivity contribution in [2.45, 2.75) is 13.3 Å². The standard InChI is InChI=1S/C9H10N4/c1-2-8-5-7(3-4-12-8)9(11)13-6-10/h3-5H,2H2,1H3,(H2,11,13). The fourth-order valence-corrected chi connectivity index (χ4v) is 0.949. The third kappa shape index (κ3) is 2.27. The Hall–Kier alpha value is -1.89. The van der Waals surface area contributed by atoms with Gasteiger partial charge in [0.05, 0.1) is 0 Å². The summed E-state index contributed by atoms with van der Waals surface area (Å²) in [7, 11) is 0. The molecule has 1 aromatic heterocycles. The average molecular weight is 174 g/mol. The van der Waals surface area contributed by atoms with Crippen molar-refractivity contribution in [3.05, 3.63) is 29.6 Å². The molecule has 0 aromatic carbocycles. The van der Waals surface area contributed by atoms with E-state index in [1.807, 2.05) is 13.0 Å². The molecule has 0 saturated heterocycles. The second kappa shape index (κ2) is 4.21. The summed E-state index contributed by atoms with van der Waals surface area (Å²) < 4.78 is 0. The van der Waals surface area contributed by atoms with Crippen LogP contribution in [-0.4, -0.2) is 10.8 Å². The lowest BCUT2D eigenvalue weighted by molar-refractivity contribution is 1.03. The number of hydrogen-bond acceptors (Lipinski definition) is 3. The van der Waals surface area contributed by atoms with Crippen LogP contribution in [0, 0.1) is 11.5 Å². The van der Waals surface area contributed by atoms with Gasteiger partial charge in [-0.15, -0.1) is 0 Å². The van der Waals surface area contributed by atoms with E-state index in [0.717, 1.165) is 17.7 Å². The Balaban J connectivity index is 3.03. The first-order valence-electron chi connectivity index (χ1n) is 3.95. The summed E-state index contributed by atoms with van der Waals surface area (Å²) in [5.41, 5.74) is 7.21. The van der Waals surface area contributed by atoms with Crippen molar-refractivity contribution in [3.8, 4) is 6.19 Å². The van der Waals surface area contributed by atoms with Gasteiger partial charge in [-0.25, -0.2) is 0 Å². The highest BCUT2D eigenvalue weighted by molar-refractivity contribution is 5.97. The minimum Gasteiger partial charge on any atom is -0.383 e. The lowest BCUT2D eigenvalue weighted by Crippen LogP contribution is -2.13. The molecular weight excluding hydrogens is 164 g/mol. The van der Waals surface area contributed by atoms with E-state index in [1.54, 1.807) is 18.5 Å². The first kappa shape index (κ1) is 9.20. The molecule has 0 spiro atoms. The monoisotopic (exact) mass is 174 g/mol. The number of nitrogens with two attached hydrogens (primary N) is 1. The first-order chi connectivity index (χ1) is 6.27. The molecule has 0 bridgehead atoms. The van der Waals surface area contributed by atoms with Crippen molar-refractivity contribution in [1.29, 1.82) is 5.26 Å². The second-order valence-electron chi connectivity index (χ2n) is 2.49. The minimum atomic E-state index is 0.236. The summed E-state index contributed by atoms with van der Waals surface area (Å²) in [5.74, 6) is 0.236. The second-order valence-corrected chi connectivity index (χ2v) is 2.49. The van der Waals surface area contributed by atoms with Crippen molar-refractivity contribution in [1.82, 2.24) is 4.98 Å². The molecule has 1 rings (SSSR count). The predicted molar refractivity (Wildman–Crippen MR) is 50.0 cm³/mol. The molecule has 0 aliphatic rings. The van der Waals surface area contributed by atoms with E-state index >= 15 is 0 Å². The molecule has 66 valence electrons. The van der Waals surface area contributed by atoms with Crippen molar-refractivity contribution in [2.24, 2.45) is 10.7 Å². The molecule has 0 saturated carbocycles. The summed E-state index contributed by atoms with van der Waals surface area (Å²) >= 11 is 0. The summed E-state index contributed by atoms with van der Waals surface area (Å²) in [5, 5.41) is 8.29. The molecule has 0 atom stereocenters. The van der Waals surface area contributed by atoms with Crippen molar-refractivity contribution in [2.75, 3.05) is 0 Å². The van der Waals surface area contributed by atoms with Gasteiger partial charge in [-0.1, -0.05) is 6.92 Å². The number of nitrogens with zero attached hydrogens (tertiary/aromatic N) is 3. The normalized spacial score (nSPS) is 10.9. The van der Waals surface area contributed by atoms with Crippen LogP contribution in [0.15, 0.2) is 23.3 Å². The van der Waals surface area contributed by atoms with Gasteiger partial charge in [0, 0.05) is 17.5 Å². The molecule has 1 aromatic rings. The Bertz CT molecular complexity index is 362. The molecule has 4 heteroatoms. The third-order valence-electron chi connectivity index (χ3n) is 1.65. The van der Waals surface area contributed by atoms with Crippen molar-refractivity contribution >= 4 is 5.84 Å². The van der Waals surface area contributed by atoms with Gasteiger partial charge >= 0.3 is 0 Å². The highest BCUT2D eigenvalue weighted by atomic mass is 14.8. The van der Waals surface area contributed by atoms with Crippen molar-refractivity contribution < 1.29 is 0 Å². The van der Waals surface area contributed by atoms with Gasteiger partial charge in [-0.2, -0.15) is 10.3 Å². The molecule has 13 heavy (non-hydrogen) atoms.